The van der Waals surface area contributed by atoms with Crippen LogP contribution in [0.3, 0.4) is 0 Å². The number of halogens is 3. The first-order valence-electron chi connectivity index (χ1n) is 4.41. The highest BCUT2D eigenvalue weighted by Crippen LogP contribution is 2.22. The minimum atomic E-state index is -2.94. The van der Waals surface area contributed by atoms with Crippen molar-refractivity contribution in [2.45, 2.75) is 37.8 Å². The molecule has 0 spiro atoms. The van der Waals surface area contributed by atoms with E-state index in [-0.39, 0.29) is 18.0 Å². The number of amides is 1. The van der Waals surface area contributed by atoms with Crippen molar-refractivity contribution < 1.29 is 18.0 Å². The van der Waals surface area contributed by atoms with Gasteiger partial charge in [0.15, 0.2) is 6.17 Å². The number of hydrogen-bond donors (Lipinski definition) is 1. The maximum Gasteiger partial charge on any atom is 0.269 e. The zero-order valence-corrected chi connectivity index (χ0v) is 9.61. The fourth-order valence-electron chi connectivity index (χ4n) is 1.21. The summed E-state index contributed by atoms with van der Waals surface area (Å²) in [4.78, 5) is 11.0. The van der Waals surface area contributed by atoms with Crippen molar-refractivity contribution in [1.82, 2.24) is 5.32 Å². The molecule has 6 heteroatoms. The molecule has 0 aromatic rings. The van der Waals surface area contributed by atoms with Crippen LogP contribution in [-0.2, 0) is 4.79 Å². The van der Waals surface area contributed by atoms with Crippen LogP contribution in [0.25, 0.3) is 0 Å². The molecule has 14 heavy (non-hydrogen) atoms. The van der Waals surface area contributed by atoms with Crippen LogP contribution in [0.1, 0.15) is 0 Å². The van der Waals surface area contributed by atoms with E-state index in [1.54, 1.807) is 13.1 Å². The number of nitrogens with one attached hydrogen (secondary N) is 1. The van der Waals surface area contributed by atoms with Crippen molar-refractivity contribution in [2.75, 3.05) is 7.05 Å². The molecule has 0 aliphatic carbocycles. The van der Waals surface area contributed by atoms with Crippen molar-refractivity contribution in [1.29, 1.82) is 0 Å². The highest BCUT2D eigenvalue weighted by molar-refractivity contribution is 6.80. The molecule has 0 aromatic carbocycles. The average molecular weight is 227 g/mol. The molecule has 0 rings (SSSR count). The van der Waals surface area contributed by atoms with Gasteiger partial charge in [-0.25, -0.2) is 13.2 Å². The molecule has 1 amide bonds. The first-order valence-corrected chi connectivity index (χ1v) is 7.83. The van der Waals surface area contributed by atoms with Gasteiger partial charge in [0.2, 0.25) is 5.91 Å². The first kappa shape index (κ1) is 13.5. The molecule has 0 aliphatic heterocycles. The Labute approximate surface area is 82.9 Å². The van der Waals surface area contributed by atoms with Gasteiger partial charge in [0.05, 0.1) is 8.07 Å². The fraction of sp³-hybridized carbons (Fsp3) is 0.875. The van der Waals surface area contributed by atoms with Gasteiger partial charge in [-0.2, -0.15) is 0 Å². The van der Waals surface area contributed by atoms with E-state index >= 15 is 0 Å². The Morgan fingerprint density at radius 3 is 2.21 bits per heavy atom. The Morgan fingerprint density at radius 2 is 1.86 bits per heavy atom. The van der Waals surface area contributed by atoms with Crippen LogP contribution in [0.15, 0.2) is 0 Å². The smallest absolute Gasteiger partial charge is 0.269 e. The lowest BCUT2D eigenvalue weighted by molar-refractivity contribution is -0.118. The van der Waals surface area contributed by atoms with E-state index in [1.807, 2.05) is 0 Å². The predicted octanol–water partition coefficient (Wildman–Crippen LogP) is 2.04. The second-order valence-corrected chi connectivity index (χ2v) is 9.16. The van der Waals surface area contributed by atoms with Crippen molar-refractivity contribution >= 4 is 14.0 Å². The summed E-state index contributed by atoms with van der Waals surface area (Å²) < 4.78 is 36.6. The maximum absolute atomic E-state index is 12.7. The quantitative estimate of drug-likeness (QED) is 0.715. The zero-order chi connectivity index (χ0) is 11.4. The van der Waals surface area contributed by atoms with Gasteiger partial charge in [-0.05, 0) is 6.04 Å². The third-order valence-corrected chi connectivity index (χ3v) is 4.71. The predicted molar refractivity (Wildman–Crippen MR) is 52.1 cm³/mol. The summed E-state index contributed by atoms with van der Waals surface area (Å²) in [5.74, 6) is -0.205. The maximum atomic E-state index is 12.7. The molecule has 84 valence electrons. The van der Waals surface area contributed by atoms with E-state index in [0.29, 0.717) is 0 Å². The highest BCUT2D eigenvalue weighted by Gasteiger charge is 2.32. The van der Waals surface area contributed by atoms with E-state index < -0.39 is 20.7 Å². The van der Waals surface area contributed by atoms with Gasteiger partial charge < -0.3 is 5.32 Å². The van der Waals surface area contributed by atoms with Crippen LogP contribution >= 0.6 is 0 Å². The minimum Gasteiger partial charge on any atom is -0.359 e. The molecule has 0 aliphatic rings. The van der Waals surface area contributed by atoms with Crippen LogP contribution in [0.4, 0.5) is 13.2 Å². The number of carbonyl (C=O) groups is 1. The van der Waals surface area contributed by atoms with Crippen molar-refractivity contribution in [3.8, 4) is 0 Å². The molecule has 0 heterocycles. The van der Waals surface area contributed by atoms with Gasteiger partial charge in [0.25, 0.3) is 6.43 Å². The Bertz CT molecular complexity index is 199. The minimum absolute atomic E-state index is 0.169. The van der Waals surface area contributed by atoms with E-state index in [0.717, 1.165) is 0 Å². The second-order valence-electron chi connectivity index (χ2n) is 4.07. The SMILES string of the molecule is CNC(=O)C[Si](C)(C)CC(F)C(F)F. The summed E-state index contributed by atoms with van der Waals surface area (Å²) in [6.07, 6.45) is -5.03. The lowest BCUT2D eigenvalue weighted by atomic mass is 10.5. The first-order chi connectivity index (χ1) is 6.28. The molecule has 0 fully saturated rings. The van der Waals surface area contributed by atoms with E-state index in [4.69, 9.17) is 0 Å². The standard InChI is InChI=1S/C8H16F3NOSi/c1-12-7(13)5-14(2,3)4-6(9)8(10)11/h6,8H,4-5H2,1-3H3,(H,12,13). The third-order valence-electron chi connectivity index (χ3n) is 1.94. The molecule has 1 unspecified atom stereocenters. The highest BCUT2D eigenvalue weighted by atomic mass is 28.3. The van der Waals surface area contributed by atoms with Gasteiger partial charge in [0, 0.05) is 13.1 Å². The number of hydrogen-bond acceptors (Lipinski definition) is 1. The zero-order valence-electron chi connectivity index (χ0n) is 8.61. The summed E-state index contributed by atoms with van der Waals surface area (Å²) in [5, 5.41) is 2.41. The van der Waals surface area contributed by atoms with Gasteiger partial charge in [-0.15, -0.1) is 0 Å². The molecule has 0 bridgehead atoms. The topological polar surface area (TPSA) is 29.1 Å². The van der Waals surface area contributed by atoms with Gasteiger partial charge in [0.1, 0.15) is 0 Å². The summed E-state index contributed by atoms with van der Waals surface area (Å²) in [6.45, 7) is 3.47. The largest absolute Gasteiger partial charge is 0.359 e. The lowest BCUT2D eigenvalue weighted by Crippen LogP contribution is -2.37. The fourth-order valence-corrected chi connectivity index (χ4v) is 3.64. The Kier molecular flexibility index (Phi) is 5.18. The normalized spacial score (nSPS) is 14.2. The average Bonchev–Trinajstić information content (AvgIpc) is 2.02. The number of carbonyl (C=O) groups excluding carboxylic acids is 1. The number of rotatable bonds is 5. The Morgan fingerprint density at radius 1 is 1.36 bits per heavy atom. The molecule has 0 aromatic heterocycles. The molecular formula is C8H16F3NOSi. The molecule has 2 nitrogen and oxygen atoms in total. The van der Waals surface area contributed by atoms with Gasteiger partial charge in [-0.3, -0.25) is 4.79 Å². The monoisotopic (exact) mass is 227 g/mol. The molecule has 0 radical (unpaired) electrons. The Hall–Kier alpha value is -0.523. The molecule has 0 saturated heterocycles. The summed E-state index contributed by atoms with van der Waals surface area (Å²) >= 11 is 0. The van der Waals surface area contributed by atoms with Crippen LogP contribution in [-0.4, -0.2) is 33.6 Å². The van der Waals surface area contributed by atoms with Crippen LogP contribution in [0.2, 0.25) is 25.2 Å². The van der Waals surface area contributed by atoms with E-state index in [1.165, 1.54) is 7.05 Å². The van der Waals surface area contributed by atoms with Crippen molar-refractivity contribution in [2.24, 2.45) is 0 Å². The summed E-state index contributed by atoms with van der Waals surface area (Å²) in [5.41, 5.74) is 0. The Balaban J connectivity index is 4.12. The van der Waals surface area contributed by atoms with Gasteiger partial charge >= 0.3 is 0 Å². The lowest BCUT2D eigenvalue weighted by Gasteiger charge is -2.22. The number of alkyl halides is 3. The van der Waals surface area contributed by atoms with Crippen molar-refractivity contribution in [3.05, 3.63) is 0 Å². The van der Waals surface area contributed by atoms with Crippen LogP contribution < -0.4 is 5.32 Å². The molecule has 1 atom stereocenters. The molecule has 0 saturated carbocycles. The summed E-state index contributed by atoms with van der Waals surface area (Å²) in [7, 11) is -0.701. The van der Waals surface area contributed by atoms with E-state index in [9.17, 15) is 18.0 Å². The van der Waals surface area contributed by atoms with Crippen LogP contribution in [0, 0.1) is 0 Å². The van der Waals surface area contributed by atoms with Crippen molar-refractivity contribution in [3.63, 3.8) is 0 Å². The molecule has 1 N–H and O–H groups in total. The second kappa shape index (κ2) is 5.38. The van der Waals surface area contributed by atoms with E-state index in [2.05, 4.69) is 5.32 Å². The summed E-state index contributed by atoms with van der Waals surface area (Å²) in [6, 6.07) is 0.0225. The third kappa shape index (κ3) is 5.26. The van der Waals surface area contributed by atoms with Gasteiger partial charge in [-0.1, -0.05) is 13.1 Å². The van der Waals surface area contributed by atoms with Crippen LogP contribution in [0.5, 0.6) is 0 Å². The molecular weight excluding hydrogens is 211 g/mol.